The first-order valence-electron chi connectivity index (χ1n) is 11.8. The number of aromatic nitrogens is 2. The number of nitrogens with one attached hydrogen (secondary N) is 2. The maximum atomic E-state index is 12.6. The van der Waals surface area contributed by atoms with Crippen LogP contribution < -0.4 is 10.9 Å². The van der Waals surface area contributed by atoms with Crippen molar-refractivity contribution in [2.75, 3.05) is 32.7 Å². The van der Waals surface area contributed by atoms with E-state index in [-0.39, 0.29) is 53.3 Å². The van der Waals surface area contributed by atoms with Gasteiger partial charge in [0, 0.05) is 29.9 Å². The lowest BCUT2D eigenvalue weighted by Crippen LogP contribution is -2.45. The van der Waals surface area contributed by atoms with E-state index in [2.05, 4.69) is 15.2 Å². The Morgan fingerprint density at radius 1 is 1.00 bits per heavy atom. The highest BCUT2D eigenvalue weighted by atomic mass is 35.5. The van der Waals surface area contributed by atoms with Crippen molar-refractivity contribution in [3.63, 3.8) is 0 Å². The fourth-order valence-corrected chi connectivity index (χ4v) is 6.41. The number of piperidine rings is 2. The van der Waals surface area contributed by atoms with Crippen LogP contribution in [0.25, 0.3) is 0 Å². The summed E-state index contributed by atoms with van der Waals surface area (Å²) in [6, 6.07) is 0. The van der Waals surface area contributed by atoms with E-state index in [1.165, 1.54) is 0 Å². The number of hydrogen-bond donors (Lipinski definition) is 2. The first-order chi connectivity index (χ1) is 14.6. The second-order valence-corrected chi connectivity index (χ2v) is 10.4. The van der Waals surface area contributed by atoms with Gasteiger partial charge in [0.05, 0.1) is 11.1 Å². The molecule has 4 fully saturated rings. The predicted octanol–water partition coefficient (Wildman–Crippen LogP) is 2.46. The van der Waals surface area contributed by atoms with Gasteiger partial charge in [-0.05, 0) is 77.5 Å². The highest BCUT2D eigenvalue weighted by Crippen LogP contribution is 2.47. The maximum absolute atomic E-state index is 12.6. The normalized spacial score (nSPS) is 28.1. The van der Waals surface area contributed by atoms with Crippen molar-refractivity contribution in [3.05, 3.63) is 27.4 Å². The molecule has 178 valence electrons. The van der Waals surface area contributed by atoms with Crippen molar-refractivity contribution in [1.29, 1.82) is 0 Å². The lowest BCUT2D eigenvalue weighted by Gasteiger charge is -2.40. The van der Waals surface area contributed by atoms with E-state index in [0.717, 1.165) is 108 Å². The topological polar surface area (TPSA) is 87.3 Å². The Labute approximate surface area is 201 Å². The fraction of sp³-hybridized carbons (Fsp3) is 0.783. The lowest BCUT2D eigenvalue weighted by molar-refractivity contribution is -0.150. The molecule has 4 heterocycles. The highest BCUT2D eigenvalue weighted by molar-refractivity contribution is 5.85. The summed E-state index contributed by atoms with van der Waals surface area (Å²) in [4.78, 5) is 35.7. The first kappa shape index (κ1) is 24.0. The van der Waals surface area contributed by atoms with Crippen LogP contribution in [-0.4, -0.2) is 59.7 Å². The van der Waals surface area contributed by atoms with E-state index in [4.69, 9.17) is 9.72 Å². The number of H-pyrrole nitrogens is 1. The average molecular weight is 485 g/mol. The molecule has 7 nitrogen and oxygen atoms in total. The van der Waals surface area contributed by atoms with Crippen LogP contribution in [0.3, 0.4) is 0 Å². The van der Waals surface area contributed by atoms with Crippen molar-refractivity contribution in [2.45, 2.75) is 75.2 Å². The van der Waals surface area contributed by atoms with Gasteiger partial charge in [0.1, 0.15) is 11.9 Å². The van der Waals surface area contributed by atoms with Gasteiger partial charge in [-0.1, -0.05) is 0 Å². The molecule has 3 aliphatic heterocycles. The fourth-order valence-electron chi connectivity index (χ4n) is 6.41. The minimum Gasteiger partial charge on any atom is -0.461 e. The van der Waals surface area contributed by atoms with Crippen LogP contribution in [0.1, 0.15) is 74.4 Å². The quantitative estimate of drug-likeness (QED) is 0.640. The van der Waals surface area contributed by atoms with Crippen molar-refractivity contribution >= 4 is 30.8 Å². The van der Waals surface area contributed by atoms with Crippen LogP contribution in [0.5, 0.6) is 0 Å². The minimum absolute atomic E-state index is 0. The third-order valence-corrected chi connectivity index (χ3v) is 8.51. The van der Waals surface area contributed by atoms with Crippen LogP contribution in [0, 0.1) is 5.41 Å². The Kier molecular flexibility index (Phi) is 6.67. The SMILES string of the molecule is Cl.Cl.O=C1OC(CN2CCC3(CCc4c3nc(C3CC3)[nH]c4=O)CC2)CC12CCNCC2. The van der Waals surface area contributed by atoms with Crippen molar-refractivity contribution in [3.8, 4) is 0 Å². The van der Waals surface area contributed by atoms with Crippen molar-refractivity contribution in [1.82, 2.24) is 20.2 Å². The maximum Gasteiger partial charge on any atom is 0.312 e. The summed E-state index contributed by atoms with van der Waals surface area (Å²) in [6.45, 7) is 4.68. The Hall–Kier alpha value is -1.15. The summed E-state index contributed by atoms with van der Waals surface area (Å²) in [6.07, 6.45) is 9.04. The van der Waals surface area contributed by atoms with Gasteiger partial charge < -0.3 is 15.0 Å². The van der Waals surface area contributed by atoms with E-state index in [0.29, 0.717) is 5.92 Å². The minimum atomic E-state index is -0.235. The van der Waals surface area contributed by atoms with Crippen molar-refractivity contribution in [2.24, 2.45) is 5.41 Å². The van der Waals surface area contributed by atoms with Crippen LogP contribution in [0.15, 0.2) is 4.79 Å². The van der Waals surface area contributed by atoms with Crippen LogP contribution >= 0.6 is 24.8 Å². The predicted molar refractivity (Wildman–Crippen MR) is 126 cm³/mol. The number of cyclic esters (lactones) is 1. The number of carbonyl (C=O) groups excluding carboxylic acids is 1. The standard InChI is InChI=1S/C23H32N4O3.2ClH/c28-20-17-3-4-22(18(17)25-19(26-20)15-1-2-15)7-11-27(12-8-22)14-16-13-23(21(29)30-16)5-9-24-10-6-23;;/h15-16,24H,1-14H2,(H,25,26,28);2*1H. The van der Waals surface area contributed by atoms with Gasteiger partial charge in [-0.3, -0.25) is 14.5 Å². The van der Waals surface area contributed by atoms with Gasteiger partial charge in [0.2, 0.25) is 0 Å². The molecule has 0 aromatic carbocycles. The number of nitrogens with zero attached hydrogens (tertiary/aromatic N) is 2. The number of esters is 1. The van der Waals surface area contributed by atoms with E-state index in [1.54, 1.807) is 0 Å². The molecule has 1 atom stereocenters. The zero-order valence-electron chi connectivity index (χ0n) is 18.5. The molecule has 2 spiro atoms. The molecule has 9 heteroatoms. The molecular weight excluding hydrogens is 451 g/mol. The van der Waals surface area contributed by atoms with Crippen molar-refractivity contribution < 1.29 is 9.53 Å². The summed E-state index contributed by atoms with van der Waals surface area (Å²) in [5.41, 5.74) is 1.99. The number of aromatic amines is 1. The highest BCUT2D eigenvalue weighted by Gasteiger charge is 2.50. The summed E-state index contributed by atoms with van der Waals surface area (Å²) < 4.78 is 5.83. The number of rotatable bonds is 3. The Bertz CT molecular complexity index is 918. The molecule has 2 N–H and O–H groups in total. The van der Waals surface area contributed by atoms with Gasteiger partial charge in [0.15, 0.2) is 0 Å². The molecule has 1 aromatic heterocycles. The smallest absolute Gasteiger partial charge is 0.312 e. The van der Waals surface area contributed by atoms with Crippen LogP contribution in [-0.2, 0) is 21.4 Å². The molecule has 2 aliphatic carbocycles. The molecule has 3 saturated heterocycles. The second-order valence-electron chi connectivity index (χ2n) is 10.4. The molecule has 6 rings (SSSR count). The van der Waals surface area contributed by atoms with Gasteiger partial charge in [-0.2, -0.15) is 0 Å². The second kappa shape index (κ2) is 8.90. The molecule has 0 radical (unpaired) electrons. The number of carbonyl (C=O) groups is 1. The van der Waals surface area contributed by atoms with Crippen LogP contribution in [0.4, 0.5) is 0 Å². The van der Waals surface area contributed by atoms with E-state index in [1.807, 2.05) is 0 Å². The summed E-state index contributed by atoms with van der Waals surface area (Å²) in [7, 11) is 0. The lowest BCUT2D eigenvalue weighted by atomic mass is 9.75. The molecule has 0 amide bonds. The summed E-state index contributed by atoms with van der Waals surface area (Å²) in [5.74, 6) is 1.43. The number of ether oxygens (including phenoxy) is 1. The molecule has 32 heavy (non-hydrogen) atoms. The molecule has 0 bridgehead atoms. The number of likely N-dealkylation sites (tertiary alicyclic amines) is 1. The Morgan fingerprint density at radius 3 is 2.41 bits per heavy atom. The van der Waals surface area contributed by atoms with E-state index < -0.39 is 0 Å². The van der Waals surface area contributed by atoms with Gasteiger partial charge in [0.25, 0.3) is 5.56 Å². The number of halogens is 2. The molecule has 1 unspecified atom stereocenters. The average Bonchev–Trinajstić information content (AvgIpc) is 3.48. The summed E-state index contributed by atoms with van der Waals surface area (Å²) in [5, 5.41) is 3.36. The van der Waals surface area contributed by atoms with Gasteiger partial charge in [-0.25, -0.2) is 4.98 Å². The largest absolute Gasteiger partial charge is 0.461 e. The molecule has 1 aromatic rings. The Morgan fingerprint density at radius 2 is 1.72 bits per heavy atom. The monoisotopic (exact) mass is 484 g/mol. The molecule has 5 aliphatic rings. The third kappa shape index (κ3) is 3.99. The zero-order chi connectivity index (χ0) is 20.3. The van der Waals surface area contributed by atoms with E-state index >= 15 is 0 Å². The summed E-state index contributed by atoms with van der Waals surface area (Å²) >= 11 is 0. The van der Waals surface area contributed by atoms with E-state index in [9.17, 15) is 9.59 Å². The third-order valence-electron chi connectivity index (χ3n) is 8.51. The first-order valence-corrected chi connectivity index (χ1v) is 11.8. The van der Waals surface area contributed by atoms with Crippen LogP contribution in [0.2, 0.25) is 0 Å². The molecule has 1 saturated carbocycles. The number of hydrogen-bond acceptors (Lipinski definition) is 6. The molecular formula is C23H34Cl2N4O3. The Balaban J connectivity index is 0.00000122. The van der Waals surface area contributed by atoms with Gasteiger partial charge in [-0.15, -0.1) is 24.8 Å². The van der Waals surface area contributed by atoms with Gasteiger partial charge >= 0.3 is 5.97 Å². The number of fused-ring (bicyclic) bond motifs is 2. The zero-order valence-corrected chi connectivity index (χ0v) is 20.1.